The highest BCUT2D eigenvalue weighted by Crippen LogP contribution is 2.38. The lowest BCUT2D eigenvalue weighted by Gasteiger charge is -2.33. The molecule has 1 saturated heterocycles. The number of carbonyl (C=O) groups is 1. The Bertz CT molecular complexity index is 1540. The monoisotopic (exact) mass is 589 g/mol. The Hall–Kier alpha value is -3.74. The number of β-amino-alcohol motifs (C(OH)–C–C–N with tert-alkyl or cyclic N) is 1. The van der Waals surface area contributed by atoms with E-state index in [1.165, 1.54) is 18.2 Å². The molecule has 5 rings (SSSR count). The van der Waals surface area contributed by atoms with E-state index in [9.17, 15) is 23.1 Å². The maximum atomic E-state index is 14.2. The van der Waals surface area contributed by atoms with E-state index in [0.29, 0.717) is 34.8 Å². The second-order valence-corrected chi connectivity index (χ2v) is 10.6. The first-order chi connectivity index (χ1) is 19.5. The Morgan fingerprint density at radius 3 is 2.66 bits per heavy atom. The Morgan fingerprint density at radius 1 is 1.22 bits per heavy atom. The van der Waals surface area contributed by atoms with Gasteiger partial charge in [-0.25, -0.2) is 4.68 Å². The molecule has 0 saturated carbocycles. The van der Waals surface area contributed by atoms with Crippen molar-refractivity contribution < 1.29 is 32.7 Å². The van der Waals surface area contributed by atoms with Crippen LogP contribution in [-0.4, -0.2) is 60.6 Å². The fourth-order valence-electron chi connectivity index (χ4n) is 5.12. The van der Waals surface area contributed by atoms with Crippen molar-refractivity contribution in [1.29, 1.82) is 0 Å². The van der Waals surface area contributed by atoms with Gasteiger partial charge in [-0.2, -0.15) is 23.3 Å². The summed E-state index contributed by atoms with van der Waals surface area (Å²) in [5, 5.41) is 28.1. The number of hydrogen-bond donors (Lipinski definition) is 2. The summed E-state index contributed by atoms with van der Waals surface area (Å²) in [5.41, 5.74) is 0.485. The number of likely N-dealkylation sites (tertiary alicyclic amines) is 1. The molecule has 2 N–H and O–H groups in total. The van der Waals surface area contributed by atoms with E-state index in [4.69, 9.17) is 21.2 Å². The molecule has 2 aromatic heterocycles. The largest absolute Gasteiger partial charge is 0.481 e. The molecule has 9 nitrogen and oxygen atoms in total. The van der Waals surface area contributed by atoms with Crippen LogP contribution in [0.2, 0.25) is 5.02 Å². The van der Waals surface area contributed by atoms with E-state index in [1.807, 2.05) is 0 Å². The predicted octanol–water partition coefficient (Wildman–Crippen LogP) is 5.79. The van der Waals surface area contributed by atoms with Crippen LogP contribution in [0.1, 0.15) is 42.2 Å². The van der Waals surface area contributed by atoms with Gasteiger partial charge < -0.3 is 19.6 Å². The molecular formula is C28H27ClF3N5O4. The third-order valence-electron chi connectivity index (χ3n) is 7.13. The molecule has 2 atom stereocenters. The second-order valence-electron chi connectivity index (χ2n) is 10.2. The van der Waals surface area contributed by atoms with Gasteiger partial charge in [-0.15, -0.1) is 0 Å². The maximum Gasteiger partial charge on any atom is 0.434 e. The molecule has 41 heavy (non-hydrogen) atoms. The molecule has 0 bridgehead atoms. The molecule has 1 aliphatic heterocycles. The molecule has 0 radical (unpaired) electrons. The topological polar surface area (TPSA) is 118 Å². The lowest BCUT2D eigenvalue weighted by molar-refractivity contribution is -0.142. The molecule has 4 aromatic rings. The summed E-state index contributed by atoms with van der Waals surface area (Å²) in [6.45, 7) is 3.44. The molecule has 3 heterocycles. The van der Waals surface area contributed by atoms with E-state index in [0.717, 1.165) is 30.3 Å². The van der Waals surface area contributed by atoms with Crippen LogP contribution in [0.3, 0.4) is 0 Å². The summed E-state index contributed by atoms with van der Waals surface area (Å²) < 4.78 is 48.5. The number of carboxylic acid groups (broad SMARTS) is 1. The van der Waals surface area contributed by atoms with Crippen LogP contribution >= 0.6 is 11.6 Å². The number of aromatic nitrogens is 4. The molecule has 1 aliphatic rings. The zero-order valence-electron chi connectivity index (χ0n) is 22.0. The summed E-state index contributed by atoms with van der Waals surface area (Å²) in [7, 11) is 0. The number of aliphatic hydroxyl groups is 1. The van der Waals surface area contributed by atoms with Gasteiger partial charge in [-0.1, -0.05) is 41.0 Å². The molecular weight excluding hydrogens is 563 g/mol. The number of aliphatic hydroxyl groups excluding tert-OH is 1. The van der Waals surface area contributed by atoms with Crippen molar-refractivity contribution in [3.05, 3.63) is 70.5 Å². The molecule has 1 fully saturated rings. The van der Waals surface area contributed by atoms with Crippen LogP contribution in [-0.2, 0) is 11.0 Å². The number of benzene rings is 2. The third kappa shape index (κ3) is 6.45. The number of hydrogen-bond acceptors (Lipinski definition) is 7. The van der Waals surface area contributed by atoms with Crippen LogP contribution in [0.25, 0.3) is 28.5 Å². The molecule has 13 heteroatoms. The fourth-order valence-corrected chi connectivity index (χ4v) is 5.24. The summed E-state index contributed by atoms with van der Waals surface area (Å²) >= 11 is 6.03. The highest BCUT2D eigenvalue weighted by Gasteiger charge is 2.40. The minimum Gasteiger partial charge on any atom is -0.481 e. The van der Waals surface area contributed by atoms with E-state index in [2.05, 4.69) is 20.1 Å². The normalized spacial score (nSPS) is 17.1. The van der Waals surface area contributed by atoms with E-state index < -0.39 is 23.9 Å². The molecule has 216 valence electrons. The van der Waals surface area contributed by atoms with Gasteiger partial charge in [0.25, 0.3) is 5.89 Å². The first-order valence-electron chi connectivity index (χ1n) is 13.0. The highest BCUT2D eigenvalue weighted by atomic mass is 35.5. The van der Waals surface area contributed by atoms with Crippen molar-refractivity contribution in [1.82, 2.24) is 24.8 Å². The zero-order valence-corrected chi connectivity index (χ0v) is 22.7. The summed E-state index contributed by atoms with van der Waals surface area (Å²) in [5.74, 6) is -1.02. The van der Waals surface area contributed by atoms with Gasteiger partial charge in [0.05, 0.1) is 23.6 Å². The van der Waals surface area contributed by atoms with Crippen molar-refractivity contribution in [2.45, 2.75) is 38.5 Å². The lowest BCUT2D eigenvalue weighted by Crippen LogP contribution is -2.38. The molecule has 2 aromatic carbocycles. The van der Waals surface area contributed by atoms with Gasteiger partial charge in [0.15, 0.2) is 5.69 Å². The van der Waals surface area contributed by atoms with Gasteiger partial charge in [-0.3, -0.25) is 4.79 Å². The quantitative estimate of drug-likeness (QED) is 0.265. The van der Waals surface area contributed by atoms with Gasteiger partial charge in [0.1, 0.15) is 0 Å². The van der Waals surface area contributed by atoms with Crippen LogP contribution in [0, 0.1) is 12.8 Å². The molecule has 0 aliphatic carbocycles. The van der Waals surface area contributed by atoms with Crippen molar-refractivity contribution in [2.75, 3.05) is 19.6 Å². The smallest absolute Gasteiger partial charge is 0.434 e. The van der Waals surface area contributed by atoms with Gasteiger partial charge >= 0.3 is 12.1 Å². The molecule has 0 spiro atoms. The fraction of sp³-hybridized carbons (Fsp3) is 0.357. The number of nitrogens with zero attached hydrogens (tertiary/aromatic N) is 5. The first-order valence-corrected chi connectivity index (χ1v) is 13.4. The molecule has 0 amide bonds. The Morgan fingerprint density at radius 2 is 1.98 bits per heavy atom. The number of piperidine rings is 1. The van der Waals surface area contributed by atoms with Crippen LogP contribution in [0.4, 0.5) is 13.2 Å². The van der Waals surface area contributed by atoms with E-state index >= 15 is 0 Å². The van der Waals surface area contributed by atoms with Crippen molar-refractivity contribution in [2.24, 2.45) is 5.92 Å². The Balaban J connectivity index is 1.33. The minimum absolute atomic E-state index is 0.0588. The van der Waals surface area contributed by atoms with Gasteiger partial charge in [0, 0.05) is 30.1 Å². The minimum atomic E-state index is -4.77. The third-order valence-corrected chi connectivity index (χ3v) is 7.56. The maximum absolute atomic E-state index is 14.2. The summed E-state index contributed by atoms with van der Waals surface area (Å²) in [4.78, 5) is 17.3. The number of carboxylic acids is 1. The molecule has 0 unspecified atom stereocenters. The van der Waals surface area contributed by atoms with Gasteiger partial charge in [0.2, 0.25) is 5.82 Å². The van der Waals surface area contributed by atoms with Crippen LogP contribution in [0.15, 0.2) is 53.2 Å². The van der Waals surface area contributed by atoms with E-state index in [1.54, 1.807) is 31.2 Å². The van der Waals surface area contributed by atoms with E-state index in [-0.39, 0.29) is 35.3 Å². The number of rotatable bonds is 8. The summed E-state index contributed by atoms with van der Waals surface area (Å²) in [6, 6.07) is 11.1. The standard InChI is InChI=1S/C28H27ClF3N5O4/c1-16-11-20(8-9-22(16)29)37-25(28(30,31)32)21(13-33-37)27-34-26(35-41-27)19-6-4-18(5-7-19)23(38)15-36-10-2-3-17(14-36)12-24(39)40/h4-9,11,13,17,23,38H,2-3,10,12,14-15H2,1H3,(H,39,40)/t17-,23-/m1/s1. The predicted molar refractivity (Wildman–Crippen MR) is 143 cm³/mol. The highest BCUT2D eigenvalue weighted by molar-refractivity contribution is 6.31. The van der Waals surface area contributed by atoms with Crippen molar-refractivity contribution >= 4 is 17.6 Å². The van der Waals surface area contributed by atoms with Crippen LogP contribution in [0.5, 0.6) is 0 Å². The zero-order chi connectivity index (χ0) is 29.3. The first kappa shape index (κ1) is 28.8. The van der Waals surface area contributed by atoms with Crippen LogP contribution < -0.4 is 0 Å². The average molecular weight is 590 g/mol. The van der Waals surface area contributed by atoms with Gasteiger partial charge in [-0.05, 0) is 61.6 Å². The lowest BCUT2D eigenvalue weighted by atomic mass is 9.94. The van der Waals surface area contributed by atoms with Crippen molar-refractivity contribution in [3.63, 3.8) is 0 Å². The Kier molecular flexibility index (Phi) is 8.16. The number of halogens is 4. The average Bonchev–Trinajstić information content (AvgIpc) is 3.58. The Labute approximate surface area is 238 Å². The second kappa shape index (κ2) is 11.6. The number of alkyl halides is 3. The van der Waals surface area contributed by atoms with Crippen molar-refractivity contribution in [3.8, 4) is 28.5 Å². The summed E-state index contributed by atoms with van der Waals surface area (Å²) in [6.07, 6.45) is -2.70. The number of aliphatic carboxylic acids is 1. The number of aryl methyl sites for hydroxylation is 1. The SMILES string of the molecule is Cc1cc(-n2ncc(-c3nc(-c4ccc([C@H](O)CN5CCC[C@H](CC(=O)O)C5)cc4)no3)c2C(F)(F)F)ccc1Cl.